The molecule has 1 aliphatic rings. The first-order chi connectivity index (χ1) is 14.2. The molecule has 0 radical (unpaired) electrons. The highest BCUT2D eigenvalue weighted by Gasteiger charge is 2.29. The lowest BCUT2D eigenvalue weighted by molar-refractivity contribution is 0.251. The van der Waals surface area contributed by atoms with Crippen LogP contribution in [-0.2, 0) is 13.0 Å². The van der Waals surface area contributed by atoms with Crippen LogP contribution in [0.15, 0.2) is 49.2 Å². The lowest BCUT2D eigenvalue weighted by Gasteiger charge is -2.07. The van der Waals surface area contributed by atoms with Gasteiger partial charge in [0, 0.05) is 37.5 Å². The molecule has 0 bridgehead atoms. The molecule has 0 saturated carbocycles. The number of hydrogen-bond donors (Lipinski definition) is 2. The summed E-state index contributed by atoms with van der Waals surface area (Å²) >= 11 is 7.80. The molecule has 10 heteroatoms. The van der Waals surface area contributed by atoms with Gasteiger partial charge in [-0.25, -0.2) is 19.4 Å². The molecule has 1 aromatic carbocycles. The number of carbonyl (C=O) groups excluding carboxylic acids is 1. The Labute approximate surface area is 175 Å². The molecular formula is C19H16ClN7OS. The van der Waals surface area contributed by atoms with Gasteiger partial charge in [-0.15, -0.1) is 0 Å². The fourth-order valence-electron chi connectivity index (χ4n) is 3.31. The molecule has 4 aromatic rings. The Hall–Kier alpha value is -3.17. The number of aromatic nitrogens is 5. The van der Waals surface area contributed by atoms with Crippen molar-refractivity contribution in [2.45, 2.75) is 13.0 Å². The first-order valence-electron chi connectivity index (χ1n) is 9.01. The van der Waals surface area contributed by atoms with E-state index in [1.54, 1.807) is 12.5 Å². The Morgan fingerprint density at radius 3 is 3.03 bits per heavy atom. The summed E-state index contributed by atoms with van der Waals surface area (Å²) in [5.41, 5.74) is 3.86. The topological polar surface area (TPSA) is 89.7 Å². The zero-order valence-electron chi connectivity index (χ0n) is 15.2. The van der Waals surface area contributed by atoms with E-state index in [4.69, 9.17) is 11.6 Å². The summed E-state index contributed by atoms with van der Waals surface area (Å²) in [6.07, 6.45) is 7.81. The summed E-state index contributed by atoms with van der Waals surface area (Å²) in [6, 6.07) is 7.31. The molecule has 146 valence electrons. The largest absolute Gasteiger partial charge is 0.336 e. The summed E-state index contributed by atoms with van der Waals surface area (Å²) < 4.78 is 3.74. The van der Waals surface area contributed by atoms with Gasteiger partial charge < -0.3 is 9.88 Å². The molecule has 3 aromatic heterocycles. The molecule has 0 aliphatic heterocycles. The van der Waals surface area contributed by atoms with Crippen LogP contribution >= 0.6 is 22.9 Å². The second-order valence-corrected chi connectivity index (χ2v) is 7.94. The van der Waals surface area contributed by atoms with Gasteiger partial charge in [-0.1, -0.05) is 35.1 Å². The molecule has 0 atom stereocenters. The Morgan fingerprint density at radius 1 is 1.31 bits per heavy atom. The summed E-state index contributed by atoms with van der Waals surface area (Å²) in [4.78, 5) is 21.8. The molecule has 0 saturated heterocycles. The Morgan fingerprint density at radius 2 is 2.21 bits per heavy atom. The average molecular weight is 426 g/mol. The van der Waals surface area contributed by atoms with Crippen LogP contribution in [0.2, 0.25) is 5.02 Å². The Balaban J connectivity index is 1.32. The number of urea groups is 1. The number of halogens is 1. The molecule has 0 fully saturated rings. The minimum absolute atomic E-state index is 0.280. The molecule has 0 unspecified atom stereocenters. The highest BCUT2D eigenvalue weighted by molar-refractivity contribution is 7.19. The Bertz CT molecular complexity index is 1180. The van der Waals surface area contributed by atoms with Crippen molar-refractivity contribution in [2.24, 2.45) is 0 Å². The number of benzene rings is 1. The maximum atomic E-state index is 12.2. The number of imidazole rings is 1. The number of anilines is 1. The van der Waals surface area contributed by atoms with Gasteiger partial charge in [0.1, 0.15) is 0 Å². The van der Waals surface area contributed by atoms with Crippen molar-refractivity contribution in [3.63, 3.8) is 0 Å². The van der Waals surface area contributed by atoms with E-state index in [2.05, 4.69) is 25.7 Å². The van der Waals surface area contributed by atoms with Crippen LogP contribution in [0.1, 0.15) is 11.3 Å². The van der Waals surface area contributed by atoms with Gasteiger partial charge in [0.15, 0.2) is 5.13 Å². The van der Waals surface area contributed by atoms with Gasteiger partial charge in [-0.2, -0.15) is 5.10 Å². The number of nitrogens with one attached hydrogen (secondary N) is 2. The predicted molar refractivity (Wildman–Crippen MR) is 112 cm³/mol. The molecule has 2 N–H and O–H groups in total. The van der Waals surface area contributed by atoms with E-state index in [9.17, 15) is 4.79 Å². The van der Waals surface area contributed by atoms with Crippen molar-refractivity contribution < 1.29 is 4.79 Å². The first-order valence-corrected chi connectivity index (χ1v) is 10.2. The van der Waals surface area contributed by atoms with E-state index in [-0.39, 0.29) is 6.03 Å². The SMILES string of the molecule is O=C(NCCn1ccnc1)Nc1nc2c(s1)-c1c(cnn1-c1ccccc1Cl)C2. The van der Waals surface area contributed by atoms with Crippen LogP contribution in [0.4, 0.5) is 9.93 Å². The number of hydrogen-bond acceptors (Lipinski definition) is 5. The van der Waals surface area contributed by atoms with Crippen molar-refractivity contribution in [1.82, 2.24) is 29.6 Å². The van der Waals surface area contributed by atoms with Crippen molar-refractivity contribution in [1.29, 1.82) is 0 Å². The van der Waals surface area contributed by atoms with Gasteiger partial charge in [0.05, 0.1) is 39.5 Å². The number of para-hydroxylation sites is 1. The van der Waals surface area contributed by atoms with E-state index in [1.165, 1.54) is 11.3 Å². The lowest BCUT2D eigenvalue weighted by atomic mass is 10.2. The monoisotopic (exact) mass is 425 g/mol. The molecular weight excluding hydrogens is 410 g/mol. The molecule has 0 spiro atoms. The van der Waals surface area contributed by atoms with Crippen LogP contribution < -0.4 is 10.6 Å². The minimum atomic E-state index is -0.280. The third kappa shape index (κ3) is 3.39. The molecule has 5 rings (SSSR count). The van der Waals surface area contributed by atoms with Crippen LogP contribution in [0.3, 0.4) is 0 Å². The lowest BCUT2D eigenvalue weighted by Crippen LogP contribution is -2.31. The van der Waals surface area contributed by atoms with Crippen molar-refractivity contribution in [3.8, 4) is 16.3 Å². The number of rotatable bonds is 5. The molecule has 3 heterocycles. The summed E-state index contributed by atoms with van der Waals surface area (Å²) in [5, 5.41) is 11.3. The summed E-state index contributed by atoms with van der Waals surface area (Å²) in [5.74, 6) is 0. The molecule has 8 nitrogen and oxygen atoms in total. The quantitative estimate of drug-likeness (QED) is 0.450. The molecule has 1 aliphatic carbocycles. The third-order valence-corrected chi connectivity index (χ3v) is 5.97. The van der Waals surface area contributed by atoms with Gasteiger partial charge in [-0.3, -0.25) is 5.32 Å². The number of thiazole rings is 1. The zero-order valence-corrected chi connectivity index (χ0v) is 16.7. The van der Waals surface area contributed by atoms with Crippen molar-refractivity contribution >= 4 is 34.1 Å². The second kappa shape index (κ2) is 7.34. The summed E-state index contributed by atoms with van der Waals surface area (Å²) in [6.45, 7) is 1.15. The predicted octanol–water partition coefficient (Wildman–Crippen LogP) is 3.57. The third-order valence-electron chi connectivity index (χ3n) is 4.63. The Kier molecular flexibility index (Phi) is 4.53. The zero-order chi connectivity index (χ0) is 19.8. The summed E-state index contributed by atoms with van der Waals surface area (Å²) in [7, 11) is 0. The smallest absolute Gasteiger partial charge is 0.321 e. The number of carbonyl (C=O) groups is 1. The van der Waals surface area contributed by atoms with Gasteiger partial charge >= 0.3 is 6.03 Å². The highest BCUT2D eigenvalue weighted by Crippen LogP contribution is 2.43. The first kappa shape index (κ1) is 17.9. The maximum absolute atomic E-state index is 12.2. The van der Waals surface area contributed by atoms with Crippen LogP contribution in [-0.4, -0.2) is 36.9 Å². The minimum Gasteiger partial charge on any atom is -0.336 e. The van der Waals surface area contributed by atoms with Gasteiger partial charge in [-0.05, 0) is 12.1 Å². The maximum Gasteiger partial charge on any atom is 0.321 e. The average Bonchev–Trinajstić information content (AvgIpc) is 3.45. The van der Waals surface area contributed by atoms with E-state index >= 15 is 0 Å². The van der Waals surface area contributed by atoms with Gasteiger partial charge in [0.25, 0.3) is 0 Å². The van der Waals surface area contributed by atoms with E-state index in [0.29, 0.717) is 29.7 Å². The standard InChI is InChI=1S/C19H16ClN7OS/c20-13-3-1-2-4-15(13)27-16-12(10-23-27)9-14-17(16)29-19(24-14)25-18(28)22-6-8-26-7-5-21-11-26/h1-5,7,10-11H,6,8-9H2,(H2,22,24,25,28). The molecule has 2 amide bonds. The highest BCUT2D eigenvalue weighted by atomic mass is 35.5. The molecule has 29 heavy (non-hydrogen) atoms. The van der Waals surface area contributed by atoms with E-state index in [1.807, 2.05) is 45.9 Å². The number of nitrogens with zero attached hydrogens (tertiary/aromatic N) is 5. The van der Waals surface area contributed by atoms with Crippen LogP contribution in [0.5, 0.6) is 0 Å². The fourth-order valence-corrected chi connectivity index (χ4v) is 4.57. The van der Waals surface area contributed by atoms with Crippen LogP contribution in [0.25, 0.3) is 16.3 Å². The van der Waals surface area contributed by atoms with Gasteiger partial charge in [0.2, 0.25) is 0 Å². The number of amides is 2. The second-order valence-electron chi connectivity index (χ2n) is 6.53. The number of fused-ring (bicyclic) bond motifs is 3. The van der Waals surface area contributed by atoms with E-state index < -0.39 is 0 Å². The van der Waals surface area contributed by atoms with Crippen molar-refractivity contribution in [2.75, 3.05) is 11.9 Å². The van der Waals surface area contributed by atoms with E-state index in [0.717, 1.165) is 27.5 Å². The normalized spacial score (nSPS) is 11.9. The van der Waals surface area contributed by atoms with Crippen molar-refractivity contribution in [3.05, 3.63) is 65.5 Å². The van der Waals surface area contributed by atoms with Crippen LogP contribution in [0, 0.1) is 0 Å². The fraction of sp³-hybridized carbons (Fsp3) is 0.158.